The van der Waals surface area contributed by atoms with Crippen LogP contribution in [-0.2, 0) is 18.4 Å². The predicted molar refractivity (Wildman–Crippen MR) is 142 cm³/mol. The Morgan fingerprint density at radius 2 is 1.67 bits per heavy atom. The zero-order chi connectivity index (χ0) is 26.3. The highest BCUT2D eigenvalue weighted by molar-refractivity contribution is 7.55. The van der Waals surface area contributed by atoms with Gasteiger partial charge in [-0.15, -0.1) is 0 Å². The van der Waals surface area contributed by atoms with E-state index in [0.717, 1.165) is 16.8 Å². The summed E-state index contributed by atoms with van der Waals surface area (Å²) in [6.07, 6.45) is 0.383. The molecular weight excluding hydrogens is 477 g/mol. The molecule has 36 heavy (non-hydrogen) atoms. The number of para-hydroxylation sites is 1. The van der Waals surface area contributed by atoms with Crippen LogP contribution < -0.4 is 10.1 Å². The van der Waals surface area contributed by atoms with Gasteiger partial charge in [0.2, 0.25) is 5.91 Å². The summed E-state index contributed by atoms with van der Waals surface area (Å²) in [6.45, 7) is 11.9. The lowest BCUT2D eigenvalue weighted by Gasteiger charge is -2.29. The van der Waals surface area contributed by atoms with Crippen molar-refractivity contribution in [3.05, 3.63) is 54.4 Å². The zero-order valence-electron chi connectivity index (χ0n) is 22.0. The van der Waals surface area contributed by atoms with Crippen molar-refractivity contribution in [3.8, 4) is 11.5 Å². The van der Waals surface area contributed by atoms with E-state index < -0.39 is 19.3 Å². The van der Waals surface area contributed by atoms with Crippen LogP contribution in [0, 0.1) is 11.8 Å². The Bertz CT molecular complexity index is 1170. The Hall–Kier alpha value is -2.67. The summed E-state index contributed by atoms with van der Waals surface area (Å²) < 4.78 is 30.6. The van der Waals surface area contributed by atoms with E-state index in [2.05, 4.69) is 10.3 Å². The van der Waals surface area contributed by atoms with Gasteiger partial charge in [-0.1, -0.05) is 45.9 Å². The van der Waals surface area contributed by atoms with E-state index in [1.165, 1.54) is 0 Å². The molecule has 0 aliphatic heterocycles. The molecule has 0 bridgehead atoms. The Balaban J connectivity index is 1.87. The molecule has 0 saturated carbocycles. The Morgan fingerprint density at radius 1 is 1.00 bits per heavy atom. The van der Waals surface area contributed by atoms with Crippen LogP contribution in [0.25, 0.3) is 11.0 Å². The zero-order valence-corrected chi connectivity index (χ0v) is 22.9. The molecule has 1 amide bonds. The van der Waals surface area contributed by atoms with Crippen LogP contribution in [0.3, 0.4) is 0 Å². The molecule has 0 fully saturated rings. The highest BCUT2D eigenvalue weighted by Crippen LogP contribution is 2.55. The Kier molecular flexibility index (Phi) is 9.71. The van der Waals surface area contributed by atoms with Crippen molar-refractivity contribution < 1.29 is 23.1 Å². The molecule has 1 aromatic heterocycles. The highest BCUT2D eigenvalue weighted by atomic mass is 31.2. The van der Waals surface area contributed by atoms with Crippen molar-refractivity contribution in [2.45, 2.75) is 59.7 Å². The number of carbonyl (C=O) groups is 1. The monoisotopic (exact) mass is 515 g/mol. The van der Waals surface area contributed by atoms with Crippen molar-refractivity contribution in [3.63, 3.8) is 0 Å². The molecule has 0 spiro atoms. The number of carbonyl (C=O) groups excluding carboxylic acids is 1. The molecular formula is C27H38N3O5P. The molecule has 196 valence electrons. The molecule has 9 heteroatoms. The minimum Gasteiger partial charge on any atom is -0.457 e. The molecule has 0 aliphatic carbocycles. The Morgan fingerprint density at radius 3 is 2.25 bits per heavy atom. The van der Waals surface area contributed by atoms with Gasteiger partial charge < -0.3 is 24.1 Å². The first-order chi connectivity index (χ1) is 17.2. The summed E-state index contributed by atoms with van der Waals surface area (Å²) >= 11 is 0. The maximum absolute atomic E-state index is 13.6. The van der Waals surface area contributed by atoms with Gasteiger partial charge in [0.15, 0.2) is 0 Å². The van der Waals surface area contributed by atoms with Crippen LogP contribution >= 0.6 is 7.60 Å². The van der Waals surface area contributed by atoms with Crippen LogP contribution in [0.2, 0.25) is 0 Å². The predicted octanol–water partition coefficient (Wildman–Crippen LogP) is 6.85. The fourth-order valence-corrected chi connectivity index (χ4v) is 6.24. The van der Waals surface area contributed by atoms with Gasteiger partial charge >= 0.3 is 7.60 Å². The van der Waals surface area contributed by atoms with Crippen molar-refractivity contribution in [2.24, 2.45) is 11.8 Å². The molecule has 0 aliphatic rings. The lowest BCUT2D eigenvalue weighted by molar-refractivity contribution is -0.122. The van der Waals surface area contributed by atoms with Crippen molar-refractivity contribution in [1.82, 2.24) is 15.3 Å². The summed E-state index contributed by atoms with van der Waals surface area (Å²) in [5.41, 5.74) is 0.651. The summed E-state index contributed by atoms with van der Waals surface area (Å²) in [5, 5.41) is 3.08. The first kappa shape index (κ1) is 27.9. The van der Waals surface area contributed by atoms with Crippen molar-refractivity contribution in [1.29, 1.82) is 0 Å². The number of nitrogens with one attached hydrogen (secondary N) is 2. The van der Waals surface area contributed by atoms with Gasteiger partial charge in [0.25, 0.3) is 0 Å². The molecule has 2 aromatic carbocycles. The number of imidazole rings is 1. The van der Waals surface area contributed by atoms with Crippen LogP contribution in [0.1, 0.15) is 59.8 Å². The number of amides is 1. The number of hydrogen-bond donors (Lipinski definition) is 2. The number of H-pyrrole nitrogens is 1. The molecule has 0 saturated heterocycles. The van der Waals surface area contributed by atoms with Crippen LogP contribution in [0.15, 0.2) is 48.5 Å². The molecule has 8 nitrogen and oxygen atoms in total. The van der Waals surface area contributed by atoms with Gasteiger partial charge in [0.1, 0.15) is 23.0 Å². The Labute approximate surface area is 213 Å². The fraction of sp³-hybridized carbons (Fsp3) is 0.481. The third-order valence-electron chi connectivity index (χ3n) is 5.71. The molecule has 1 unspecified atom stereocenters. The number of benzene rings is 2. The number of nitrogens with zero attached hydrogens (tertiary/aromatic N) is 1. The molecule has 2 atom stereocenters. The van der Waals surface area contributed by atoms with Gasteiger partial charge in [-0.25, -0.2) is 4.98 Å². The third-order valence-corrected chi connectivity index (χ3v) is 8.15. The van der Waals surface area contributed by atoms with Gasteiger partial charge in [-0.2, -0.15) is 0 Å². The number of rotatable bonds is 13. The maximum Gasteiger partial charge on any atom is 0.343 e. The second-order valence-electron chi connectivity index (χ2n) is 9.47. The van der Waals surface area contributed by atoms with E-state index in [0.29, 0.717) is 18.0 Å². The minimum absolute atomic E-state index is 0.0211. The van der Waals surface area contributed by atoms with Crippen LogP contribution in [-0.4, -0.2) is 34.7 Å². The van der Waals surface area contributed by atoms with E-state index in [9.17, 15) is 9.36 Å². The van der Waals surface area contributed by atoms with Gasteiger partial charge in [-0.05, 0) is 56.4 Å². The van der Waals surface area contributed by atoms with E-state index in [1.807, 2.05) is 76.2 Å². The normalized spacial score (nSPS) is 13.8. The molecule has 1 heterocycles. The molecule has 3 rings (SSSR count). The summed E-state index contributed by atoms with van der Waals surface area (Å²) in [6, 6.07) is 14.8. The molecule has 3 aromatic rings. The van der Waals surface area contributed by atoms with Crippen LogP contribution in [0.4, 0.5) is 0 Å². The van der Waals surface area contributed by atoms with E-state index in [1.54, 1.807) is 13.8 Å². The van der Waals surface area contributed by atoms with Crippen molar-refractivity contribution >= 4 is 24.5 Å². The second kappa shape index (κ2) is 12.5. The number of hydrogen-bond acceptors (Lipinski definition) is 6. The lowest BCUT2D eigenvalue weighted by Crippen LogP contribution is -2.40. The SMILES string of the molecule is CCOP(=O)(OCC)C(CC(C)C)C(=O)N[C@H](c1nc2ccc(Oc3ccccc3)cc2[nH]1)C(C)C. The largest absolute Gasteiger partial charge is 0.457 e. The maximum atomic E-state index is 13.6. The first-order valence-electron chi connectivity index (χ1n) is 12.6. The molecule has 2 N–H and O–H groups in total. The fourth-order valence-electron chi connectivity index (χ4n) is 4.05. The number of aromatic amines is 1. The van der Waals surface area contributed by atoms with Gasteiger partial charge in [-0.3, -0.25) is 9.36 Å². The average Bonchev–Trinajstić information content (AvgIpc) is 3.24. The van der Waals surface area contributed by atoms with Gasteiger partial charge in [0.05, 0.1) is 30.3 Å². The third kappa shape index (κ3) is 6.96. The molecule has 0 radical (unpaired) electrons. The smallest absolute Gasteiger partial charge is 0.343 e. The summed E-state index contributed by atoms with van der Waals surface area (Å²) in [4.78, 5) is 21.6. The number of aromatic nitrogens is 2. The van der Waals surface area contributed by atoms with E-state index in [4.69, 9.17) is 18.8 Å². The standard InChI is InChI=1S/C27H38N3O5P/c1-7-33-36(32,34-8-2)24(16-18(3)4)27(31)30-25(19(5)6)26-28-22-15-14-21(17-23(22)29-26)35-20-12-10-9-11-13-20/h9-15,17-19,24-25H,7-8,16H2,1-6H3,(H,28,29)(H,30,31)/t24?,25-/m0/s1. The second-order valence-corrected chi connectivity index (χ2v) is 11.7. The summed E-state index contributed by atoms with van der Waals surface area (Å²) in [5.74, 6) is 1.83. The average molecular weight is 516 g/mol. The highest BCUT2D eigenvalue weighted by Gasteiger charge is 2.42. The lowest BCUT2D eigenvalue weighted by atomic mass is 10.0. The summed E-state index contributed by atoms with van der Waals surface area (Å²) in [7, 11) is -3.64. The topological polar surface area (TPSA) is 103 Å². The van der Waals surface area contributed by atoms with E-state index >= 15 is 0 Å². The number of ether oxygens (including phenoxy) is 1. The number of fused-ring (bicyclic) bond motifs is 1. The quantitative estimate of drug-likeness (QED) is 0.241. The van der Waals surface area contributed by atoms with Gasteiger partial charge in [0, 0.05) is 6.07 Å². The van der Waals surface area contributed by atoms with Crippen LogP contribution in [0.5, 0.6) is 11.5 Å². The van der Waals surface area contributed by atoms with Crippen molar-refractivity contribution in [2.75, 3.05) is 13.2 Å². The van der Waals surface area contributed by atoms with E-state index in [-0.39, 0.29) is 31.0 Å². The first-order valence-corrected chi connectivity index (χ1v) is 14.2. The minimum atomic E-state index is -3.64.